The van der Waals surface area contributed by atoms with Crippen LogP contribution in [0.1, 0.15) is 11.3 Å². The first-order chi connectivity index (χ1) is 14.5. The molecular weight excluding hydrogens is 498 g/mol. The lowest BCUT2D eigenvalue weighted by molar-refractivity contribution is 0.303. The van der Waals surface area contributed by atoms with Crippen LogP contribution in [0.15, 0.2) is 54.9 Å². The highest BCUT2D eigenvalue weighted by atomic mass is 127. The Morgan fingerprint density at radius 3 is 2.63 bits per heavy atom. The molecule has 0 aliphatic heterocycles. The summed E-state index contributed by atoms with van der Waals surface area (Å²) >= 11 is 2.18. The normalized spacial score (nSPS) is 10.8. The third-order valence-electron chi connectivity index (χ3n) is 4.47. The molecule has 0 fully saturated rings. The highest BCUT2D eigenvalue weighted by molar-refractivity contribution is 14.1. The molecule has 0 spiro atoms. The molecule has 3 aromatic heterocycles. The Labute approximate surface area is 186 Å². The molecule has 0 unspecified atom stereocenters. The van der Waals surface area contributed by atoms with Crippen LogP contribution in [-0.2, 0) is 6.61 Å². The number of pyridine rings is 2. The number of hydrogen-bond donors (Lipinski definition) is 1. The molecule has 1 N–H and O–H groups in total. The summed E-state index contributed by atoms with van der Waals surface area (Å²) in [4.78, 5) is 15.8. The van der Waals surface area contributed by atoms with E-state index in [0.29, 0.717) is 29.5 Å². The van der Waals surface area contributed by atoms with E-state index in [-0.39, 0.29) is 0 Å². The molecule has 4 rings (SSSR count). The minimum Gasteiger partial charge on any atom is -0.496 e. The number of aromatic nitrogens is 4. The summed E-state index contributed by atoms with van der Waals surface area (Å²) in [5, 5.41) is 0. The van der Waals surface area contributed by atoms with Crippen molar-refractivity contribution in [3.8, 4) is 34.1 Å². The Balaban J connectivity index is 1.58. The summed E-state index contributed by atoms with van der Waals surface area (Å²) in [6.45, 7) is 2.36. The molecule has 3 heterocycles. The summed E-state index contributed by atoms with van der Waals surface area (Å²) in [5.41, 5.74) is 4.22. The largest absolute Gasteiger partial charge is 0.496 e. The molecule has 4 aromatic rings. The van der Waals surface area contributed by atoms with Crippen molar-refractivity contribution in [3.63, 3.8) is 0 Å². The first kappa shape index (κ1) is 20.3. The van der Waals surface area contributed by atoms with Crippen LogP contribution in [0, 0.1) is 16.6 Å². The van der Waals surface area contributed by atoms with Gasteiger partial charge in [0.05, 0.1) is 7.11 Å². The number of imidazole rings is 1. The zero-order valence-corrected chi connectivity index (χ0v) is 18.5. The van der Waals surface area contributed by atoms with Gasteiger partial charge in [-0.2, -0.15) is 4.39 Å². The lowest BCUT2D eigenvalue weighted by Crippen LogP contribution is -1.98. The van der Waals surface area contributed by atoms with Gasteiger partial charge in [0.25, 0.3) is 0 Å². The van der Waals surface area contributed by atoms with Crippen molar-refractivity contribution in [1.29, 1.82) is 0 Å². The number of rotatable bonds is 6. The molecule has 6 nitrogen and oxygen atoms in total. The van der Waals surface area contributed by atoms with E-state index in [0.717, 1.165) is 26.2 Å². The number of aromatic amines is 1. The maximum atomic E-state index is 13.1. The zero-order valence-electron chi connectivity index (χ0n) is 16.3. The molecule has 0 saturated heterocycles. The molecule has 0 aliphatic rings. The van der Waals surface area contributed by atoms with Crippen LogP contribution in [0.2, 0.25) is 0 Å². The fraction of sp³-hybridized carbons (Fsp3) is 0.136. The van der Waals surface area contributed by atoms with Crippen LogP contribution < -0.4 is 9.47 Å². The van der Waals surface area contributed by atoms with Gasteiger partial charge in [-0.1, -0.05) is 6.07 Å². The smallest absolute Gasteiger partial charge is 0.212 e. The van der Waals surface area contributed by atoms with Gasteiger partial charge in [-0.05, 0) is 59.8 Å². The maximum Gasteiger partial charge on any atom is 0.212 e. The van der Waals surface area contributed by atoms with E-state index in [4.69, 9.17) is 9.47 Å². The molecule has 0 saturated carbocycles. The first-order valence-electron chi connectivity index (χ1n) is 9.13. The molecule has 1 aromatic carbocycles. The van der Waals surface area contributed by atoms with Crippen LogP contribution in [0.25, 0.3) is 22.6 Å². The van der Waals surface area contributed by atoms with Crippen LogP contribution in [0.3, 0.4) is 0 Å². The van der Waals surface area contributed by atoms with Crippen LogP contribution in [0.4, 0.5) is 4.39 Å². The molecule has 8 heteroatoms. The monoisotopic (exact) mass is 516 g/mol. The van der Waals surface area contributed by atoms with Gasteiger partial charge >= 0.3 is 0 Å². The van der Waals surface area contributed by atoms with E-state index < -0.39 is 5.95 Å². The summed E-state index contributed by atoms with van der Waals surface area (Å²) in [6.07, 6.45) is 3.25. The lowest BCUT2D eigenvalue weighted by atomic mass is 10.1. The van der Waals surface area contributed by atoms with E-state index in [1.54, 1.807) is 19.4 Å². The van der Waals surface area contributed by atoms with Gasteiger partial charge in [-0.15, -0.1) is 0 Å². The molecular formula is C22H18FIN4O2. The molecule has 0 amide bonds. The number of benzene rings is 1. The first-order valence-corrected chi connectivity index (χ1v) is 10.2. The molecule has 0 bridgehead atoms. The van der Waals surface area contributed by atoms with Gasteiger partial charge in [0.2, 0.25) is 5.95 Å². The predicted molar refractivity (Wildman–Crippen MR) is 120 cm³/mol. The Morgan fingerprint density at radius 1 is 1.07 bits per heavy atom. The number of halogens is 2. The number of methoxy groups -OCH3 is 1. The van der Waals surface area contributed by atoms with Crippen molar-refractivity contribution in [2.45, 2.75) is 13.5 Å². The van der Waals surface area contributed by atoms with Crippen molar-refractivity contribution >= 4 is 22.6 Å². The maximum absolute atomic E-state index is 13.1. The van der Waals surface area contributed by atoms with E-state index in [1.807, 2.05) is 37.3 Å². The third-order valence-corrected chi connectivity index (χ3v) is 5.25. The third kappa shape index (κ3) is 4.43. The van der Waals surface area contributed by atoms with Crippen LogP contribution >= 0.6 is 22.6 Å². The lowest BCUT2D eigenvalue weighted by Gasteiger charge is -2.11. The van der Waals surface area contributed by atoms with E-state index >= 15 is 0 Å². The standard InChI is InChI=1S/C22H18FIN4O2/c1-13-3-4-14(10-25-13)12-30-16-6-7-17(18(9-16)29-2)20-21(24)28-22(27-20)15-5-8-19(23)26-11-15/h3-11H,12H2,1-2H3,(H,27,28). The highest BCUT2D eigenvalue weighted by Gasteiger charge is 2.16. The predicted octanol–water partition coefficient (Wildman–Crippen LogP) is 5.17. The number of hydrogen-bond acceptors (Lipinski definition) is 5. The number of H-pyrrole nitrogens is 1. The Kier molecular flexibility index (Phi) is 5.93. The molecule has 0 atom stereocenters. The molecule has 0 aliphatic carbocycles. The van der Waals surface area contributed by atoms with Crippen molar-refractivity contribution in [3.05, 3.63) is 75.8 Å². The van der Waals surface area contributed by atoms with Crippen LogP contribution in [-0.4, -0.2) is 27.0 Å². The average Bonchev–Trinajstić information content (AvgIpc) is 3.15. The van der Waals surface area contributed by atoms with Crippen molar-refractivity contribution < 1.29 is 13.9 Å². The minimum absolute atomic E-state index is 0.414. The summed E-state index contributed by atoms with van der Waals surface area (Å²) < 4.78 is 25.4. The fourth-order valence-electron chi connectivity index (χ4n) is 2.89. The van der Waals surface area contributed by atoms with E-state index in [9.17, 15) is 4.39 Å². The van der Waals surface area contributed by atoms with Gasteiger partial charge in [0.15, 0.2) is 0 Å². The summed E-state index contributed by atoms with van der Waals surface area (Å²) in [5.74, 6) is 1.41. The number of aryl methyl sites for hydroxylation is 1. The van der Waals surface area contributed by atoms with E-state index in [1.165, 1.54) is 12.3 Å². The van der Waals surface area contributed by atoms with Gasteiger partial charge in [-0.3, -0.25) is 4.98 Å². The van der Waals surface area contributed by atoms with E-state index in [2.05, 4.69) is 42.5 Å². The van der Waals surface area contributed by atoms with Gasteiger partial charge in [0.1, 0.15) is 33.3 Å². The fourth-order valence-corrected chi connectivity index (χ4v) is 3.56. The summed E-state index contributed by atoms with van der Waals surface area (Å²) in [7, 11) is 1.61. The topological polar surface area (TPSA) is 72.9 Å². The second kappa shape index (κ2) is 8.78. The number of nitrogens with zero attached hydrogens (tertiary/aromatic N) is 3. The second-order valence-electron chi connectivity index (χ2n) is 6.58. The van der Waals surface area contributed by atoms with Crippen molar-refractivity contribution in [2.75, 3.05) is 7.11 Å². The Hall–Kier alpha value is -3.01. The SMILES string of the molecule is COc1cc(OCc2ccc(C)nc2)ccc1-c1nc(-c2ccc(F)nc2)[nH]c1I. The van der Waals surface area contributed by atoms with Gasteiger partial charge in [-0.25, -0.2) is 9.97 Å². The van der Waals surface area contributed by atoms with Crippen molar-refractivity contribution in [2.24, 2.45) is 0 Å². The second-order valence-corrected chi connectivity index (χ2v) is 7.65. The average molecular weight is 516 g/mol. The molecule has 0 radical (unpaired) electrons. The van der Waals surface area contributed by atoms with Crippen LogP contribution in [0.5, 0.6) is 11.5 Å². The number of nitrogens with one attached hydrogen (secondary N) is 1. The zero-order chi connectivity index (χ0) is 21.1. The Morgan fingerprint density at radius 2 is 1.93 bits per heavy atom. The number of ether oxygens (including phenoxy) is 2. The minimum atomic E-state index is -0.529. The quantitative estimate of drug-likeness (QED) is 0.283. The Bertz CT molecular complexity index is 1160. The van der Waals surface area contributed by atoms with Crippen molar-refractivity contribution in [1.82, 2.24) is 19.9 Å². The highest BCUT2D eigenvalue weighted by Crippen LogP contribution is 2.36. The van der Waals surface area contributed by atoms with Gasteiger partial charge < -0.3 is 14.5 Å². The molecule has 30 heavy (non-hydrogen) atoms. The molecule has 152 valence electrons. The summed E-state index contributed by atoms with van der Waals surface area (Å²) in [6, 6.07) is 12.5. The van der Waals surface area contributed by atoms with Gasteiger partial charge in [0, 0.05) is 40.8 Å².